The van der Waals surface area contributed by atoms with Crippen LogP contribution in [0.1, 0.15) is 329 Å². The summed E-state index contributed by atoms with van der Waals surface area (Å²) in [4.78, 5) is 38.2. The molecule has 67 heavy (non-hydrogen) atoms. The number of ether oxygens (including phenoxy) is 3. The fourth-order valence-corrected chi connectivity index (χ4v) is 8.95. The van der Waals surface area contributed by atoms with Gasteiger partial charge in [0.1, 0.15) is 13.2 Å². The molecule has 0 saturated heterocycles. The van der Waals surface area contributed by atoms with Crippen molar-refractivity contribution in [1.29, 1.82) is 0 Å². The molecule has 0 heterocycles. The van der Waals surface area contributed by atoms with Gasteiger partial charge in [0.05, 0.1) is 0 Å². The predicted molar refractivity (Wildman–Crippen MR) is 289 cm³/mol. The van der Waals surface area contributed by atoms with Crippen molar-refractivity contribution in [1.82, 2.24) is 0 Å². The van der Waals surface area contributed by atoms with Crippen molar-refractivity contribution in [3.8, 4) is 0 Å². The molecule has 0 spiro atoms. The summed E-state index contributed by atoms with van der Waals surface area (Å²) in [5.41, 5.74) is 0. The predicted octanol–water partition coefficient (Wildman–Crippen LogP) is 19.9. The van der Waals surface area contributed by atoms with Gasteiger partial charge in [0, 0.05) is 19.3 Å². The quantitative estimate of drug-likeness (QED) is 0.0262. The van der Waals surface area contributed by atoms with E-state index >= 15 is 0 Å². The van der Waals surface area contributed by atoms with Crippen LogP contribution in [0.5, 0.6) is 0 Å². The lowest BCUT2D eigenvalue weighted by Gasteiger charge is -2.18. The lowest BCUT2D eigenvalue weighted by Crippen LogP contribution is -2.30. The first kappa shape index (κ1) is 64.9. The molecule has 0 bridgehead atoms. The first-order valence-corrected chi connectivity index (χ1v) is 29.8. The Hall–Kier alpha value is -2.11. The van der Waals surface area contributed by atoms with Crippen LogP contribution in [-0.2, 0) is 28.6 Å². The second-order valence-electron chi connectivity index (χ2n) is 20.3. The largest absolute Gasteiger partial charge is 0.462 e. The normalized spacial score (nSPS) is 12.1. The highest BCUT2D eigenvalue weighted by Crippen LogP contribution is 2.17. The minimum Gasteiger partial charge on any atom is -0.462 e. The summed E-state index contributed by atoms with van der Waals surface area (Å²) >= 11 is 0. The first-order chi connectivity index (χ1) is 33.0. The summed E-state index contributed by atoms with van der Waals surface area (Å²) in [5, 5.41) is 0. The van der Waals surface area contributed by atoms with E-state index in [1.54, 1.807) is 0 Å². The van der Waals surface area contributed by atoms with Crippen molar-refractivity contribution >= 4 is 17.9 Å². The Morgan fingerprint density at radius 1 is 0.299 bits per heavy atom. The van der Waals surface area contributed by atoms with Crippen LogP contribution in [0.15, 0.2) is 24.3 Å². The van der Waals surface area contributed by atoms with E-state index in [1.807, 2.05) is 0 Å². The SMILES string of the molecule is CCC/C=C\C/C=C\CCCCCCCC(=O)OCC(COC(=O)CCCCCCCCCCCCCCCCCCCC)OC(=O)CCCCCCCCCCCCCCCCCCCC. The second-order valence-corrected chi connectivity index (χ2v) is 20.3. The smallest absolute Gasteiger partial charge is 0.306 e. The summed E-state index contributed by atoms with van der Waals surface area (Å²) in [6.45, 7) is 6.62. The van der Waals surface area contributed by atoms with Crippen LogP contribution in [0.4, 0.5) is 0 Å². The second kappa shape index (κ2) is 56.5. The van der Waals surface area contributed by atoms with E-state index in [1.165, 1.54) is 205 Å². The monoisotopic (exact) mass is 943 g/mol. The van der Waals surface area contributed by atoms with Gasteiger partial charge < -0.3 is 14.2 Å². The van der Waals surface area contributed by atoms with Crippen LogP contribution in [0.25, 0.3) is 0 Å². The molecule has 1 atom stereocenters. The molecular weight excluding hydrogens is 829 g/mol. The van der Waals surface area contributed by atoms with Crippen molar-refractivity contribution in [2.24, 2.45) is 0 Å². The fraction of sp³-hybridized carbons (Fsp3) is 0.885. The Morgan fingerprint density at radius 3 is 0.881 bits per heavy atom. The van der Waals surface area contributed by atoms with Crippen LogP contribution < -0.4 is 0 Å². The number of esters is 3. The molecule has 0 N–H and O–H groups in total. The first-order valence-electron chi connectivity index (χ1n) is 29.8. The van der Waals surface area contributed by atoms with E-state index in [0.717, 1.165) is 83.5 Å². The number of rotatable bonds is 55. The highest BCUT2D eigenvalue weighted by Gasteiger charge is 2.19. The molecule has 6 heteroatoms. The summed E-state index contributed by atoms with van der Waals surface area (Å²) in [6, 6.07) is 0. The molecule has 0 aromatic carbocycles. The minimum absolute atomic E-state index is 0.0699. The van der Waals surface area contributed by atoms with Gasteiger partial charge in [0.25, 0.3) is 0 Å². The molecule has 394 valence electrons. The van der Waals surface area contributed by atoms with Gasteiger partial charge in [0.15, 0.2) is 6.10 Å². The molecule has 0 aromatic heterocycles. The molecular formula is C61H114O6. The Morgan fingerprint density at radius 2 is 0.567 bits per heavy atom. The number of hydrogen-bond acceptors (Lipinski definition) is 6. The maximum Gasteiger partial charge on any atom is 0.306 e. The maximum atomic E-state index is 12.9. The Balaban J connectivity index is 4.30. The average Bonchev–Trinajstić information content (AvgIpc) is 3.33. The van der Waals surface area contributed by atoms with Gasteiger partial charge in [-0.25, -0.2) is 0 Å². The zero-order valence-electron chi connectivity index (χ0n) is 45.2. The van der Waals surface area contributed by atoms with Gasteiger partial charge in [-0.3, -0.25) is 14.4 Å². The van der Waals surface area contributed by atoms with E-state index in [0.29, 0.717) is 19.3 Å². The number of hydrogen-bond donors (Lipinski definition) is 0. The molecule has 1 unspecified atom stereocenters. The van der Waals surface area contributed by atoms with Crippen LogP contribution >= 0.6 is 0 Å². The van der Waals surface area contributed by atoms with Crippen molar-refractivity contribution in [2.75, 3.05) is 13.2 Å². The Kier molecular flexibility index (Phi) is 54.7. The lowest BCUT2D eigenvalue weighted by atomic mass is 10.0. The molecule has 0 aliphatic rings. The average molecular weight is 944 g/mol. The lowest BCUT2D eigenvalue weighted by molar-refractivity contribution is -0.167. The van der Waals surface area contributed by atoms with E-state index in [4.69, 9.17) is 14.2 Å². The molecule has 0 aliphatic heterocycles. The fourth-order valence-electron chi connectivity index (χ4n) is 8.95. The zero-order chi connectivity index (χ0) is 48.6. The number of carbonyl (C=O) groups excluding carboxylic acids is 3. The molecule has 0 rings (SSSR count). The Bertz CT molecular complexity index is 1080. The third-order valence-electron chi connectivity index (χ3n) is 13.4. The topological polar surface area (TPSA) is 78.9 Å². The van der Waals surface area contributed by atoms with Gasteiger partial charge in [-0.15, -0.1) is 0 Å². The number of allylic oxidation sites excluding steroid dienone is 4. The zero-order valence-corrected chi connectivity index (χ0v) is 45.2. The van der Waals surface area contributed by atoms with Crippen LogP contribution in [0, 0.1) is 0 Å². The van der Waals surface area contributed by atoms with Crippen molar-refractivity contribution in [3.63, 3.8) is 0 Å². The van der Waals surface area contributed by atoms with Crippen molar-refractivity contribution < 1.29 is 28.6 Å². The number of carbonyl (C=O) groups is 3. The summed E-state index contributed by atoms with van der Waals surface area (Å²) in [7, 11) is 0. The molecule has 0 fully saturated rings. The summed E-state index contributed by atoms with van der Waals surface area (Å²) in [6.07, 6.45) is 66.0. The molecule has 0 radical (unpaired) electrons. The standard InChI is InChI=1S/C61H114O6/c1-4-7-10-13-16-19-22-25-27-29-31-33-36-39-42-45-48-51-54-60(63)66-57-58(56-65-59(62)53-50-47-44-41-38-35-24-21-18-15-12-9-6-3)67-61(64)55-52-49-46-43-40-37-34-32-30-28-26-23-20-17-14-11-8-5-2/h12,15,21,24,58H,4-11,13-14,16-20,22-23,25-57H2,1-3H3/b15-12-,24-21-. The third-order valence-corrected chi connectivity index (χ3v) is 13.4. The maximum absolute atomic E-state index is 12.9. The van der Waals surface area contributed by atoms with Crippen LogP contribution in [0.2, 0.25) is 0 Å². The highest BCUT2D eigenvalue weighted by molar-refractivity contribution is 5.71. The highest BCUT2D eigenvalue weighted by atomic mass is 16.6. The van der Waals surface area contributed by atoms with Gasteiger partial charge >= 0.3 is 17.9 Å². The van der Waals surface area contributed by atoms with E-state index in [2.05, 4.69) is 45.1 Å². The molecule has 0 amide bonds. The summed E-state index contributed by atoms with van der Waals surface area (Å²) < 4.78 is 16.9. The van der Waals surface area contributed by atoms with Crippen molar-refractivity contribution in [2.45, 2.75) is 335 Å². The Labute approximate surface area is 417 Å². The van der Waals surface area contributed by atoms with E-state index < -0.39 is 6.10 Å². The van der Waals surface area contributed by atoms with Gasteiger partial charge in [0.2, 0.25) is 0 Å². The van der Waals surface area contributed by atoms with Gasteiger partial charge in [-0.05, 0) is 44.9 Å². The van der Waals surface area contributed by atoms with Crippen molar-refractivity contribution in [3.05, 3.63) is 24.3 Å². The van der Waals surface area contributed by atoms with Crippen LogP contribution in [-0.4, -0.2) is 37.2 Å². The molecule has 0 saturated carbocycles. The molecule has 6 nitrogen and oxygen atoms in total. The molecule has 0 aliphatic carbocycles. The third kappa shape index (κ3) is 54.7. The van der Waals surface area contributed by atoms with E-state index in [9.17, 15) is 14.4 Å². The van der Waals surface area contributed by atoms with Crippen LogP contribution in [0.3, 0.4) is 0 Å². The molecule has 0 aromatic rings. The summed E-state index contributed by atoms with van der Waals surface area (Å²) in [5.74, 6) is -0.861. The number of unbranched alkanes of at least 4 members (excludes halogenated alkanes) is 40. The van der Waals surface area contributed by atoms with Gasteiger partial charge in [-0.2, -0.15) is 0 Å². The van der Waals surface area contributed by atoms with Gasteiger partial charge in [-0.1, -0.05) is 289 Å². The van der Waals surface area contributed by atoms with E-state index in [-0.39, 0.29) is 31.1 Å². The minimum atomic E-state index is -0.772.